The van der Waals surface area contributed by atoms with Gasteiger partial charge in [0, 0.05) is 6.04 Å². The summed E-state index contributed by atoms with van der Waals surface area (Å²) in [5.41, 5.74) is 1.72. The summed E-state index contributed by atoms with van der Waals surface area (Å²) in [7, 11) is 0. The van der Waals surface area contributed by atoms with Gasteiger partial charge in [-0.2, -0.15) is 5.26 Å². The van der Waals surface area contributed by atoms with Gasteiger partial charge in [0.05, 0.1) is 10.6 Å². The third-order valence-electron chi connectivity index (χ3n) is 2.34. The molecule has 1 N–H and O–H groups in total. The molecule has 0 amide bonds. The van der Waals surface area contributed by atoms with E-state index >= 15 is 0 Å². The van der Waals surface area contributed by atoms with E-state index in [4.69, 9.17) is 16.9 Å². The lowest BCUT2D eigenvalue weighted by molar-refractivity contribution is 0.383. The van der Waals surface area contributed by atoms with Crippen LogP contribution in [0.4, 0.5) is 0 Å². The second-order valence-electron chi connectivity index (χ2n) is 3.15. The van der Waals surface area contributed by atoms with Gasteiger partial charge in [-0.1, -0.05) is 17.7 Å². The Morgan fingerprint density at radius 2 is 2.31 bits per heavy atom. The molecule has 2 rings (SSSR count). The quantitative estimate of drug-likeness (QED) is 0.741. The van der Waals surface area contributed by atoms with Gasteiger partial charge >= 0.3 is 0 Å². The summed E-state index contributed by atoms with van der Waals surface area (Å²) in [5, 5.41) is 12.5. The summed E-state index contributed by atoms with van der Waals surface area (Å²) < 4.78 is 0. The predicted molar refractivity (Wildman–Crippen MR) is 51.5 cm³/mol. The van der Waals surface area contributed by atoms with Gasteiger partial charge in [-0.3, -0.25) is 0 Å². The van der Waals surface area contributed by atoms with Crippen molar-refractivity contribution in [3.8, 4) is 6.07 Å². The molecule has 1 aliphatic heterocycles. The van der Waals surface area contributed by atoms with E-state index in [2.05, 4.69) is 5.32 Å². The van der Waals surface area contributed by atoms with Crippen molar-refractivity contribution in [3.05, 3.63) is 34.3 Å². The number of halogens is 1. The van der Waals surface area contributed by atoms with Crippen molar-refractivity contribution >= 4 is 11.6 Å². The molecule has 0 aromatic heterocycles. The Morgan fingerprint density at radius 3 is 2.77 bits per heavy atom. The van der Waals surface area contributed by atoms with Crippen LogP contribution in [-0.2, 0) is 0 Å². The highest BCUT2D eigenvalue weighted by Gasteiger charge is 2.18. The first-order valence-corrected chi connectivity index (χ1v) is 4.62. The zero-order valence-corrected chi connectivity index (χ0v) is 7.80. The number of benzene rings is 1. The predicted octanol–water partition coefficient (Wildman–Crippen LogP) is 2.25. The van der Waals surface area contributed by atoms with Gasteiger partial charge in [0.2, 0.25) is 0 Å². The molecule has 1 unspecified atom stereocenters. The molecule has 1 fully saturated rings. The molecular formula is C10H9ClN2. The molecule has 1 aromatic carbocycles. The standard InChI is InChI=1S/C10H9ClN2/c11-9-5-7(10-3-4-13-10)1-2-8(9)6-12/h1-2,5,10,13H,3-4H2. The summed E-state index contributed by atoms with van der Waals surface area (Å²) in [6.07, 6.45) is 1.15. The van der Waals surface area contributed by atoms with Crippen LogP contribution in [0.15, 0.2) is 18.2 Å². The normalized spacial score (nSPS) is 20.5. The highest BCUT2D eigenvalue weighted by atomic mass is 35.5. The molecule has 0 radical (unpaired) electrons. The maximum Gasteiger partial charge on any atom is 0.101 e. The summed E-state index contributed by atoms with van der Waals surface area (Å²) in [6, 6.07) is 8.09. The van der Waals surface area contributed by atoms with Crippen LogP contribution in [0.2, 0.25) is 5.02 Å². The van der Waals surface area contributed by atoms with Gasteiger partial charge in [-0.05, 0) is 30.7 Å². The van der Waals surface area contributed by atoms with Crippen LogP contribution >= 0.6 is 11.6 Å². The van der Waals surface area contributed by atoms with Crippen LogP contribution in [-0.4, -0.2) is 6.54 Å². The Balaban J connectivity index is 2.30. The number of nitrogens with one attached hydrogen (secondary N) is 1. The third kappa shape index (κ3) is 1.53. The number of nitrogens with zero attached hydrogens (tertiary/aromatic N) is 1. The fourth-order valence-electron chi connectivity index (χ4n) is 1.41. The Bertz CT molecular complexity index is 364. The molecular weight excluding hydrogens is 184 g/mol. The van der Waals surface area contributed by atoms with Crippen molar-refractivity contribution in [2.75, 3.05) is 6.54 Å². The SMILES string of the molecule is N#Cc1ccc(C2CCN2)cc1Cl. The highest BCUT2D eigenvalue weighted by Crippen LogP contribution is 2.26. The summed E-state index contributed by atoms with van der Waals surface area (Å²) >= 11 is 5.90. The van der Waals surface area contributed by atoms with Crippen molar-refractivity contribution < 1.29 is 0 Å². The molecule has 0 aliphatic carbocycles. The van der Waals surface area contributed by atoms with Gasteiger partial charge in [0.25, 0.3) is 0 Å². The fraction of sp³-hybridized carbons (Fsp3) is 0.300. The van der Waals surface area contributed by atoms with Crippen molar-refractivity contribution in [2.45, 2.75) is 12.5 Å². The van der Waals surface area contributed by atoms with Crippen LogP contribution in [0, 0.1) is 11.3 Å². The molecule has 1 atom stereocenters. The van der Waals surface area contributed by atoms with Crippen LogP contribution in [0.5, 0.6) is 0 Å². The van der Waals surface area contributed by atoms with Gasteiger partial charge in [-0.15, -0.1) is 0 Å². The second-order valence-corrected chi connectivity index (χ2v) is 3.55. The molecule has 0 bridgehead atoms. The van der Waals surface area contributed by atoms with Crippen LogP contribution in [0.1, 0.15) is 23.6 Å². The molecule has 1 aromatic rings. The minimum absolute atomic E-state index is 0.435. The van der Waals surface area contributed by atoms with Crippen LogP contribution in [0.3, 0.4) is 0 Å². The maximum atomic E-state index is 8.67. The number of hydrogen-bond acceptors (Lipinski definition) is 2. The van der Waals surface area contributed by atoms with E-state index in [-0.39, 0.29) is 0 Å². The Labute approximate surface area is 82.1 Å². The highest BCUT2D eigenvalue weighted by molar-refractivity contribution is 6.31. The van der Waals surface area contributed by atoms with E-state index in [1.165, 1.54) is 5.56 Å². The van der Waals surface area contributed by atoms with Gasteiger partial charge in [0.1, 0.15) is 6.07 Å². The minimum Gasteiger partial charge on any atom is -0.310 e. The van der Waals surface area contributed by atoms with Crippen molar-refractivity contribution in [2.24, 2.45) is 0 Å². The number of rotatable bonds is 1. The lowest BCUT2D eigenvalue weighted by Gasteiger charge is -2.28. The van der Waals surface area contributed by atoms with Gasteiger partial charge in [-0.25, -0.2) is 0 Å². The van der Waals surface area contributed by atoms with Crippen LogP contribution in [0.25, 0.3) is 0 Å². The molecule has 1 heterocycles. The Morgan fingerprint density at radius 1 is 1.54 bits per heavy atom. The molecule has 1 aliphatic rings. The zero-order chi connectivity index (χ0) is 9.26. The molecule has 0 saturated carbocycles. The van der Waals surface area contributed by atoms with E-state index in [0.717, 1.165) is 13.0 Å². The van der Waals surface area contributed by atoms with Gasteiger partial charge < -0.3 is 5.32 Å². The molecule has 66 valence electrons. The van der Waals surface area contributed by atoms with Crippen LogP contribution < -0.4 is 5.32 Å². The lowest BCUT2D eigenvalue weighted by Crippen LogP contribution is -2.34. The first kappa shape index (κ1) is 8.55. The summed E-state index contributed by atoms with van der Waals surface area (Å²) in [5.74, 6) is 0. The first-order chi connectivity index (χ1) is 6.31. The second kappa shape index (κ2) is 3.37. The molecule has 1 saturated heterocycles. The molecule has 2 nitrogen and oxygen atoms in total. The smallest absolute Gasteiger partial charge is 0.101 e. The molecule has 3 heteroatoms. The first-order valence-electron chi connectivity index (χ1n) is 4.24. The average molecular weight is 193 g/mol. The van der Waals surface area contributed by atoms with E-state index < -0.39 is 0 Å². The maximum absolute atomic E-state index is 8.67. The van der Waals surface area contributed by atoms with E-state index in [0.29, 0.717) is 16.6 Å². The monoisotopic (exact) mass is 192 g/mol. The van der Waals surface area contributed by atoms with Crippen molar-refractivity contribution in [1.29, 1.82) is 5.26 Å². The lowest BCUT2D eigenvalue weighted by atomic mass is 9.97. The summed E-state index contributed by atoms with van der Waals surface area (Å²) in [6.45, 7) is 1.07. The summed E-state index contributed by atoms with van der Waals surface area (Å²) in [4.78, 5) is 0. The Hall–Kier alpha value is -1.04. The third-order valence-corrected chi connectivity index (χ3v) is 2.65. The van der Waals surface area contributed by atoms with E-state index in [1.54, 1.807) is 6.07 Å². The zero-order valence-electron chi connectivity index (χ0n) is 7.05. The van der Waals surface area contributed by atoms with Crippen molar-refractivity contribution in [1.82, 2.24) is 5.32 Å². The number of nitriles is 1. The molecule has 13 heavy (non-hydrogen) atoms. The molecule has 0 spiro atoms. The Kier molecular flexibility index (Phi) is 2.22. The minimum atomic E-state index is 0.435. The topological polar surface area (TPSA) is 35.8 Å². The van der Waals surface area contributed by atoms with Crippen molar-refractivity contribution in [3.63, 3.8) is 0 Å². The van der Waals surface area contributed by atoms with E-state index in [9.17, 15) is 0 Å². The van der Waals surface area contributed by atoms with Gasteiger partial charge in [0.15, 0.2) is 0 Å². The fourth-order valence-corrected chi connectivity index (χ4v) is 1.64. The van der Waals surface area contributed by atoms with E-state index in [1.807, 2.05) is 18.2 Å². The largest absolute Gasteiger partial charge is 0.310 e. The number of hydrogen-bond donors (Lipinski definition) is 1. The average Bonchev–Trinajstić information content (AvgIpc) is 2.01.